The number of hydrogen-bond donors (Lipinski definition) is 1. The second-order valence-corrected chi connectivity index (χ2v) is 6.19. The van der Waals surface area contributed by atoms with Gasteiger partial charge in [0, 0.05) is 35.7 Å². The molecule has 0 atom stereocenters. The van der Waals surface area contributed by atoms with E-state index in [9.17, 15) is 0 Å². The van der Waals surface area contributed by atoms with Gasteiger partial charge in [-0.1, -0.05) is 28.1 Å². The molecule has 1 fully saturated rings. The smallest absolute Gasteiger partial charge is 0.0522 e. The molecule has 4 heteroatoms. The molecule has 2 heterocycles. The molecule has 0 aliphatic carbocycles. The van der Waals surface area contributed by atoms with E-state index in [1.165, 1.54) is 11.1 Å². The molecule has 0 saturated carbocycles. The molecule has 3 rings (SSSR count). The molecule has 0 bridgehead atoms. The van der Waals surface area contributed by atoms with Crippen LogP contribution in [0.15, 0.2) is 41.1 Å². The van der Waals surface area contributed by atoms with Gasteiger partial charge in [-0.25, -0.2) is 0 Å². The summed E-state index contributed by atoms with van der Waals surface area (Å²) >= 11 is 3.57. The fraction of sp³-hybridized carbons (Fsp3) is 0.400. The van der Waals surface area contributed by atoms with Gasteiger partial charge < -0.3 is 5.32 Å². The first-order chi connectivity index (χ1) is 9.22. The van der Waals surface area contributed by atoms with E-state index in [-0.39, 0.29) is 5.41 Å². The average Bonchev–Trinajstić information content (AvgIpc) is 2.81. The van der Waals surface area contributed by atoms with E-state index in [0.29, 0.717) is 0 Å². The van der Waals surface area contributed by atoms with E-state index in [2.05, 4.69) is 63.7 Å². The van der Waals surface area contributed by atoms with Crippen LogP contribution < -0.4 is 5.32 Å². The molecule has 100 valence electrons. The number of hydrogen-bond acceptors (Lipinski definition) is 2. The first-order valence-electron chi connectivity index (χ1n) is 6.70. The fourth-order valence-corrected chi connectivity index (χ4v) is 3.14. The Morgan fingerprint density at radius 1 is 1.42 bits per heavy atom. The van der Waals surface area contributed by atoms with Gasteiger partial charge in [-0.15, -0.1) is 0 Å². The summed E-state index contributed by atoms with van der Waals surface area (Å²) in [6, 6.07) is 8.67. The number of nitrogens with zero attached hydrogens (tertiary/aromatic N) is 2. The van der Waals surface area contributed by atoms with Crippen molar-refractivity contribution in [2.45, 2.75) is 25.3 Å². The first kappa shape index (κ1) is 12.9. The number of rotatable bonds is 4. The normalized spacial score (nSPS) is 17.2. The molecule has 1 aromatic carbocycles. The molecular formula is C15H18BrN3. The van der Waals surface area contributed by atoms with Crippen molar-refractivity contribution in [2.75, 3.05) is 13.1 Å². The lowest BCUT2D eigenvalue weighted by Crippen LogP contribution is -2.58. The van der Waals surface area contributed by atoms with E-state index in [0.717, 1.165) is 30.5 Å². The van der Waals surface area contributed by atoms with Crippen LogP contribution in [0.2, 0.25) is 0 Å². The number of halogens is 1. The summed E-state index contributed by atoms with van der Waals surface area (Å²) in [5, 5.41) is 7.79. The molecule has 1 aromatic heterocycles. The van der Waals surface area contributed by atoms with Gasteiger partial charge in [0.1, 0.15) is 0 Å². The first-order valence-corrected chi connectivity index (χ1v) is 7.49. The van der Waals surface area contributed by atoms with Crippen LogP contribution in [-0.2, 0) is 18.4 Å². The van der Waals surface area contributed by atoms with Gasteiger partial charge in [-0.05, 0) is 36.6 Å². The zero-order chi connectivity index (χ0) is 13.3. The molecule has 0 amide bonds. The monoisotopic (exact) mass is 319 g/mol. The van der Waals surface area contributed by atoms with Crippen molar-refractivity contribution in [1.29, 1.82) is 0 Å². The van der Waals surface area contributed by atoms with Gasteiger partial charge in [-0.2, -0.15) is 5.10 Å². The van der Waals surface area contributed by atoms with Crippen LogP contribution in [0.3, 0.4) is 0 Å². The number of aromatic nitrogens is 2. The second kappa shape index (κ2) is 5.10. The molecule has 1 aliphatic heterocycles. The third-order valence-corrected chi connectivity index (χ3v) is 4.41. The highest BCUT2D eigenvalue weighted by Gasteiger charge is 2.39. The Balaban J connectivity index is 1.87. The Labute approximate surface area is 122 Å². The van der Waals surface area contributed by atoms with Crippen molar-refractivity contribution in [2.24, 2.45) is 0 Å². The molecule has 0 radical (unpaired) electrons. The molecule has 1 aliphatic rings. The summed E-state index contributed by atoms with van der Waals surface area (Å²) in [7, 11) is 0. The maximum atomic E-state index is 4.38. The minimum absolute atomic E-state index is 0.228. The summed E-state index contributed by atoms with van der Waals surface area (Å²) in [4.78, 5) is 0. The zero-order valence-corrected chi connectivity index (χ0v) is 12.7. The number of aryl methyl sites for hydroxylation is 1. The van der Waals surface area contributed by atoms with Crippen molar-refractivity contribution >= 4 is 15.9 Å². The highest BCUT2D eigenvalue weighted by atomic mass is 79.9. The van der Waals surface area contributed by atoms with Gasteiger partial charge in [0.2, 0.25) is 0 Å². The van der Waals surface area contributed by atoms with E-state index >= 15 is 0 Å². The quantitative estimate of drug-likeness (QED) is 0.939. The van der Waals surface area contributed by atoms with Crippen molar-refractivity contribution in [1.82, 2.24) is 15.1 Å². The van der Waals surface area contributed by atoms with E-state index in [1.807, 2.05) is 10.9 Å². The van der Waals surface area contributed by atoms with Crippen molar-refractivity contribution < 1.29 is 0 Å². The maximum absolute atomic E-state index is 4.38. The van der Waals surface area contributed by atoms with Gasteiger partial charge in [0.15, 0.2) is 0 Å². The van der Waals surface area contributed by atoms with Gasteiger partial charge in [-0.3, -0.25) is 4.68 Å². The van der Waals surface area contributed by atoms with Crippen LogP contribution in [-0.4, -0.2) is 22.9 Å². The van der Waals surface area contributed by atoms with E-state index < -0.39 is 0 Å². The predicted molar refractivity (Wildman–Crippen MR) is 80.3 cm³/mol. The third-order valence-electron chi connectivity index (χ3n) is 3.92. The fourth-order valence-electron chi connectivity index (χ4n) is 2.74. The summed E-state index contributed by atoms with van der Waals surface area (Å²) in [5.41, 5.74) is 2.96. The summed E-state index contributed by atoms with van der Waals surface area (Å²) in [6.45, 7) is 5.13. The summed E-state index contributed by atoms with van der Waals surface area (Å²) in [5.74, 6) is 0. The Morgan fingerprint density at radius 2 is 2.26 bits per heavy atom. The van der Waals surface area contributed by atoms with E-state index in [1.54, 1.807) is 0 Å². The van der Waals surface area contributed by atoms with Gasteiger partial charge in [0.05, 0.1) is 6.20 Å². The van der Waals surface area contributed by atoms with Crippen molar-refractivity contribution in [3.63, 3.8) is 0 Å². The Bertz CT molecular complexity index is 572. The Morgan fingerprint density at radius 3 is 2.84 bits per heavy atom. The number of nitrogens with one attached hydrogen (secondary N) is 1. The van der Waals surface area contributed by atoms with Crippen LogP contribution in [0.4, 0.5) is 0 Å². The molecule has 0 spiro atoms. The predicted octanol–water partition coefficient (Wildman–Crippen LogP) is 2.75. The second-order valence-electron chi connectivity index (χ2n) is 5.28. The zero-order valence-electron chi connectivity index (χ0n) is 11.1. The molecule has 1 saturated heterocycles. The Kier molecular flexibility index (Phi) is 3.46. The molecule has 3 nitrogen and oxygen atoms in total. The summed E-state index contributed by atoms with van der Waals surface area (Å²) in [6.07, 6.45) is 5.22. The van der Waals surface area contributed by atoms with Gasteiger partial charge >= 0.3 is 0 Å². The minimum Gasteiger partial charge on any atom is -0.315 e. The average molecular weight is 320 g/mol. The van der Waals surface area contributed by atoms with Crippen LogP contribution in [0, 0.1) is 0 Å². The lowest BCUT2D eigenvalue weighted by atomic mass is 9.71. The largest absolute Gasteiger partial charge is 0.315 e. The minimum atomic E-state index is 0.228. The van der Waals surface area contributed by atoms with E-state index in [4.69, 9.17) is 0 Å². The van der Waals surface area contributed by atoms with Crippen LogP contribution >= 0.6 is 15.9 Å². The SMILES string of the molecule is CCn1cc(CC2(c3cccc(Br)c3)CNC2)cn1. The molecule has 0 unspecified atom stereocenters. The number of benzene rings is 1. The van der Waals surface area contributed by atoms with Crippen LogP contribution in [0.1, 0.15) is 18.1 Å². The highest BCUT2D eigenvalue weighted by Crippen LogP contribution is 2.33. The topological polar surface area (TPSA) is 29.9 Å². The summed E-state index contributed by atoms with van der Waals surface area (Å²) < 4.78 is 3.15. The molecule has 2 aromatic rings. The lowest BCUT2D eigenvalue weighted by molar-refractivity contribution is 0.274. The maximum Gasteiger partial charge on any atom is 0.0522 e. The Hall–Kier alpha value is -1.13. The van der Waals surface area contributed by atoms with Gasteiger partial charge in [0.25, 0.3) is 0 Å². The molecule has 1 N–H and O–H groups in total. The highest BCUT2D eigenvalue weighted by molar-refractivity contribution is 9.10. The van der Waals surface area contributed by atoms with Crippen molar-refractivity contribution in [3.8, 4) is 0 Å². The molecular weight excluding hydrogens is 302 g/mol. The lowest BCUT2D eigenvalue weighted by Gasteiger charge is -2.43. The standard InChI is InChI=1S/C15H18BrN3/c1-2-19-9-12(8-18-19)7-15(10-17-11-15)13-4-3-5-14(16)6-13/h3-6,8-9,17H,2,7,10-11H2,1H3. The third kappa shape index (κ3) is 2.47. The van der Waals surface area contributed by atoms with Crippen LogP contribution in [0.25, 0.3) is 0 Å². The molecule has 19 heavy (non-hydrogen) atoms. The van der Waals surface area contributed by atoms with Crippen molar-refractivity contribution in [3.05, 3.63) is 52.3 Å². The van der Waals surface area contributed by atoms with Crippen LogP contribution in [0.5, 0.6) is 0 Å².